The molecule has 2 N–H and O–H groups in total. The predicted molar refractivity (Wildman–Crippen MR) is 76.3 cm³/mol. The van der Waals surface area contributed by atoms with Crippen molar-refractivity contribution in [1.82, 2.24) is 4.90 Å². The smallest absolute Gasteiger partial charge is 0.230 e. The zero-order valence-corrected chi connectivity index (χ0v) is 12.4. The second kappa shape index (κ2) is 7.13. The van der Waals surface area contributed by atoms with Crippen LogP contribution in [0.1, 0.15) is 59.3 Å². The highest BCUT2D eigenvalue weighted by atomic mass is 16.2. The minimum atomic E-state index is -0.311. The standard InChI is InChI=1S/C15H30N2O/c1-4-8-13-9-7-10-17(11-13)14(18)15(5-2,6-3)12-16/h13H,4-12,16H2,1-3H3. The predicted octanol–water partition coefficient (Wildman–Crippen LogP) is 2.79. The third-order valence-electron chi connectivity index (χ3n) is 4.70. The van der Waals surface area contributed by atoms with Crippen LogP contribution in [0.5, 0.6) is 0 Å². The first-order valence-electron chi connectivity index (χ1n) is 7.63. The Kier molecular flexibility index (Phi) is 6.13. The van der Waals surface area contributed by atoms with Gasteiger partial charge in [-0.1, -0.05) is 27.2 Å². The average Bonchev–Trinajstić information content (AvgIpc) is 2.42. The molecular formula is C15H30N2O. The van der Waals surface area contributed by atoms with E-state index in [0.717, 1.165) is 32.4 Å². The summed E-state index contributed by atoms with van der Waals surface area (Å²) in [5, 5.41) is 0. The van der Waals surface area contributed by atoms with E-state index in [0.29, 0.717) is 18.4 Å². The molecule has 1 heterocycles. The number of piperidine rings is 1. The first-order valence-corrected chi connectivity index (χ1v) is 7.63. The third-order valence-corrected chi connectivity index (χ3v) is 4.70. The van der Waals surface area contributed by atoms with E-state index in [1.54, 1.807) is 0 Å². The molecule has 3 nitrogen and oxygen atoms in total. The number of likely N-dealkylation sites (tertiary alicyclic amines) is 1. The molecule has 106 valence electrons. The van der Waals surface area contributed by atoms with Gasteiger partial charge in [-0.15, -0.1) is 0 Å². The van der Waals surface area contributed by atoms with Gasteiger partial charge in [0.25, 0.3) is 0 Å². The minimum Gasteiger partial charge on any atom is -0.342 e. The van der Waals surface area contributed by atoms with E-state index in [1.165, 1.54) is 19.3 Å². The summed E-state index contributed by atoms with van der Waals surface area (Å²) in [6.07, 6.45) is 6.62. The Labute approximate surface area is 112 Å². The molecule has 1 rings (SSSR count). The number of carbonyl (C=O) groups is 1. The maximum atomic E-state index is 12.7. The van der Waals surface area contributed by atoms with Crippen molar-refractivity contribution in [2.24, 2.45) is 17.1 Å². The molecule has 0 spiro atoms. The summed E-state index contributed by atoms with van der Waals surface area (Å²) >= 11 is 0. The summed E-state index contributed by atoms with van der Waals surface area (Å²) in [4.78, 5) is 14.8. The highest BCUT2D eigenvalue weighted by Gasteiger charge is 2.38. The van der Waals surface area contributed by atoms with Crippen LogP contribution in [-0.4, -0.2) is 30.4 Å². The van der Waals surface area contributed by atoms with Crippen molar-refractivity contribution in [2.75, 3.05) is 19.6 Å². The summed E-state index contributed by atoms with van der Waals surface area (Å²) in [6.45, 7) is 8.76. The molecule has 0 saturated carbocycles. The molecule has 1 aliphatic rings. The fraction of sp³-hybridized carbons (Fsp3) is 0.933. The number of carbonyl (C=O) groups excluding carboxylic acids is 1. The van der Waals surface area contributed by atoms with Gasteiger partial charge in [-0.05, 0) is 38.0 Å². The molecule has 0 aliphatic carbocycles. The van der Waals surface area contributed by atoms with Gasteiger partial charge in [-0.3, -0.25) is 4.79 Å². The van der Waals surface area contributed by atoms with E-state index >= 15 is 0 Å². The Morgan fingerprint density at radius 3 is 2.50 bits per heavy atom. The summed E-state index contributed by atoms with van der Waals surface area (Å²) in [5.41, 5.74) is 5.57. The highest BCUT2D eigenvalue weighted by Crippen LogP contribution is 2.30. The van der Waals surface area contributed by atoms with Gasteiger partial charge in [0.05, 0.1) is 5.41 Å². The molecule has 18 heavy (non-hydrogen) atoms. The van der Waals surface area contributed by atoms with Gasteiger partial charge >= 0.3 is 0 Å². The molecule has 0 aromatic carbocycles. The van der Waals surface area contributed by atoms with Gasteiger partial charge in [-0.2, -0.15) is 0 Å². The SMILES string of the molecule is CCCC1CCCN(C(=O)C(CC)(CC)CN)C1. The molecule has 1 unspecified atom stereocenters. The fourth-order valence-corrected chi connectivity index (χ4v) is 3.16. The van der Waals surface area contributed by atoms with E-state index < -0.39 is 0 Å². The largest absolute Gasteiger partial charge is 0.342 e. The molecule has 3 heteroatoms. The van der Waals surface area contributed by atoms with Crippen LogP contribution in [0.25, 0.3) is 0 Å². The van der Waals surface area contributed by atoms with E-state index in [-0.39, 0.29) is 5.41 Å². The number of amides is 1. The summed E-state index contributed by atoms with van der Waals surface area (Å²) in [5.74, 6) is 1.01. The van der Waals surface area contributed by atoms with Gasteiger partial charge in [0.2, 0.25) is 5.91 Å². The Morgan fingerprint density at radius 1 is 1.33 bits per heavy atom. The lowest BCUT2D eigenvalue weighted by Crippen LogP contribution is -2.50. The molecule has 1 atom stereocenters. The first-order chi connectivity index (χ1) is 8.63. The molecule has 1 saturated heterocycles. The molecule has 1 aliphatic heterocycles. The Bertz CT molecular complexity index is 251. The summed E-state index contributed by atoms with van der Waals surface area (Å²) in [6, 6.07) is 0. The molecular weight excluding hydrogens is 224 g/mol. The average molecular weight is 254 g/mol. The van der Waals surface area contributed by atoms with Gasteiger partial charge in [0, 0.05) is 19.6 Å². The highest BCUT2D eigenvalue weighted by molar-refractivity contribution is 5.83. The minimum absolute atomic E-state index is 0.302. The van der Waals surface area contributed by atoms with Gasteiger partial charge in [0.15, 0.2) is 0 Å². The maximum Gasteiger partial charge on any atom is 0.230 e. The Hall–Kier alpha value is -0.570. The Balaban J connectivity index is 2.70. The van der Waals surface area contributed by atoms with E-state index in [9.17, 15) is 4.79 Å². The van der Waals surface area contributed by atoms with Crippen molar-refractivity contribution in [3.05, 3.63) is 0 Å². The summed E-state index contributed by atoms with van der Waals surface area (Å²) < 4.78 is 0. The quantitative estimate of drug-likeness (QED) is 0.792. The lowest BCUT2D eigenvalue weighted by molar-refractivity contribution is -0.144. The number of hydrogen-bond acceptors (Lipinski definition) is 2. The van der Waals surface area contributed by atoms with Crippen molar-refractivity contribution >= 4 is 5.91 Å². The lowest BCUT2D eigenvalue weighted by atomic mass is 9.80. The number of hydrogen-bond donors (Lipinski definition) is 1. The zero-order chi connectivity index (χ0) is 13.6. The van der Waals surface area contributed by atoms with Crippen molar-refractivity contribution in [3.63, 3.8) is 0 Å². The van der Waals surface area contributed by atoms with Crippen LogP contribution in [0.15, 0.2) is 0 Å². The zero-order valence-electron chi connectivity index (χ0n) is 12.4. The monoisotopic (exact) mass is 254 g/mol. The molecule has 0 aromatic heterocycles. The second-order valence-electron chi connectivity index (χ2n) is 5.74. The number of rotatable bonds is 6. The van der Waals surface area contributed by atoms with Crippen molar-refractivity contribution in [3.8, 4) is 0 Å². The van der Waals surface area contributed by atoms with Gasteiger partial charge < -0.3 is 10.6 Å². The molecule has 0 bridgehead atoms. The second-order valence-corrected chi connectivity index (χ2v) is 5.74. The molecule has 1 amide bonds. The van der Waals surface area contributed by atoms with Crippen molar-refractivity contribution in [1.29, 1.82) is 0 Å². The van der Waals surface area contributed by atoms with E-state index in [2.05, 4.69) is 25.7 Å². The normalized spacial score (nSPS) is 21.1. The topological polar surface area (TPSA) is 46.3 Å². The van der Waals surface area contributed by atoms with Crippen LogP contribution >= 0.6 is 0 Å². The van der Waals surface area contributed by atoms with Crippen LogP contribution in [0.3, 0.4) is 0 Å². The Morgan fingerprint density at radius 2 is 2.00 bits per heavy atom. The molecule has 0 radical (unpaired) electrons. The number of nitrogens with zero attached hydrogens (tertiary/aromatic N) is 1. The van der Waals surface area contributed by atoms with E-state index in [1.807, 2.05) is 0 Å². The van der Waals surface area contributed by atoms with E-state index in [4.69, 9.17) is 5.73 Å². The summed E-state index contributed by atoms with van der Waals surface area (Å²) in [7, 11) is 0. The van der Waals surface area contributed by atoms with Crippen molar-refractivity contribution in [2.45, 2.75) is 59.3 Å². The van der Waals surface area contributed by atoms with Gasteiger partial charge in [0.1, 0.15) is 0 Å². The van der Waals surface area contributed by atoms with Crippen LogP contribution in [0.4, 0.5) is 0 Å². The lowest BCUT2D eigenvalue weighted by Gasteiger charge is -2.39. The van der Waals surface area contributed by atoms with Gasteiger partial charge in [-0.25, -0.2) is 0 Å². The molecule has 0 aromatic rings. The van der Waals surface area contributed by atoms with Crippen LogP contribution < -0.4 is 5.73 Å². The number of nitrogens with two attached hydrogens (primary N) is 1. The maximum absolute atomic E-state index is 12.7. The molecule has 1 fully saturated rings. The van der Waals surface area contributed by atoms with Crippen molar-refractivity contribution < 1.29 is 4.79 Å². The van der Waals surface area contributed by atoms with Crippen LogP contribution in [-0.2, 0) is 4.79 Å². The fourth-order valence-electron chi connectivity index (χ4n) is 3.16. The first kappa shape index (κ1) is 15.5. The van der Waals surface area contributed by atoms with Crippen LogP contribution in [0, 0.1) is 11.3 Å². The van der Waals surface area contributed by atoms with Crippen LogP contribution in [0.2, 0.25) is 0 Å². The third kappa shape index (κ3) is 3.25.